The molecule has 10 heteroatoms. The van der Waals surface area contributed by atoms with Gasteiger partial charge < -0.3 is 18.6 Å². The molecule has 0 bridgehead atoms. The van der Waals surface area contributed by atoms with Gasteiger partial charge in [0.15, 0.2) is 5.76 Å². The zero-order valence-electron chi connectivity index (χ0n) is 14.9. The van der Waals surface area contributed by atoms with Gasteiger partial charge in [0.1, 0.15) is 0 Å². The molecule has 4 heterocycles. The van der Waals surface area contributed by atoms with Crippen molar-refractivity contribution < 1.29 is 18.4 Å². The van der Waals surface area contributed by atoms with Crippen molar-refractivity contribution in [2.75, 3.05) is 26.2 Å². The summed E-state index contributed by atoms with van der Waals surface area (Å²) in [5.41, 5.74) is 0. The van der Waals surface area contributed by atoms with E-state index in [9.17, 15) is 14.4 Å². The highest BCUT2D eigenvalue weighted by molar-refractivity contribution is 7.13. The van der Waals surface area contributed by atoms with E-state index in [-0.39, 0.29) is 30.7 Å². The van der Waals surface area contributed by atoms with E-state index in [0.717, 1.165) is 4.88 Å². The smallest absolute Gasteiger partial charge is 0.437 e. The van der Waals surface area contributed by atoms with Crippen LogP contribution in [0.15, 0.2) is 49.5 Å². The lowest BCUT2D eigenvalue weighted by Crippen LogP contribution is -2.50. The monoisotopic (exact) mass is 402 g/mol. The van der Waals surface area contributed by atoms with Crippen molar-refractivity contribution in [3.05, 3.63) is 52.2 Å². The number of rotatable bonds is 5. The second kappa shape index (κ2) is 7.85. The summed E-state index contributed by atoms with van der Waals surface area (Å²) in [4.78, 5) is 40.7. The zero-order valence-corrected chi connectivity index (χ0v) is 15.8. The fourth-order valence-corrected chi connectivity index (χ4v) is 3.67. The van der Waals surface area contributed by atoms with Crippen molar-refractivity contribution in [1.29, 1.82) is 0 Å². The number of aryl methyl sites for hydroxylation is 1. The summed E-state index contributed by atoms with van der Waals surface area (Å²) in [6.45, 7) is 1.92. The Morgan fingerprint density at radius 1 is 1.11 bits per heavy atom. The van der Waals surface area contributed by atoms with Gasteiger partial charge in [-0.15, -0.1) is 16.4 Å². The maximum Gasteiger partial charge on any atom is 0.437 e. The first-order chi connectivity index (χ1) is 13.6. The van der Waals surface area contributed by atoms with Crippen LogP contribution in [0.4, 0.5) is 0 Å². The number of hydrogen-bond acceptors (Lipinski definition) is 7. The average molecular weight is 402 g/mol. The van der Waals surface area contributed by atoms with E-state index in [4.69, 9.17) is 8.83 Å². The molecule has 0 aromatic carbocycles. The molecule has 0 aliphatic carbocycles. The molecular formula is C18H18N4O5S. The fourth-order valence-electron chi connectivity index (χ4n) is 3.02. The summed E-state index contributed by atoms with van der Waals surface area (Å²) in [7, 11) is 0. The Morgan fingerprint density at radius 2 is 1.89 bits per heavy atom. The lowest BCUT2D eigenvalue weighted by Gasteiger charge is -2.34. The summed E-state index contributed by atoms with van der Waals surface area (Å²) in [5, 5.41) is 6.02. The predicted octanol–water partition coefficient (Wildman–Crippen LogP) is 1.53. The molecule has 0 N–H and O–H groups in total. The van der Waals surface area contributed by atoms with Crippen LogP contribution >= 0.6 is 11.3 Å². The third-order valence-corrected chi connectivity index (χ3v) is 5.39. The van der Waals surface area contributed by atoms with Gasteiger partial charge >= 0.3 is 5.76 Å². The molecule has 1 aliphatic heterocycles. The van der Waals surface area contributed by atoms with Crippen LogP contribution in [0.2, 0.25) is 0 Å². The lowest BCUT2D eigenvalue weighted by molar-refractivity contribution is -0.133. The second-order valence-corrected chi connectivity index (χ2v) is 7.22. The van der Waals surface area contributed by atoms with Crippen LogP contribution < -0.4 is 5.76 Å². The highest BCUT2D eigenvalue weighted by atomic mass is 32.1. The fraction of sp³-hybridized carbons (Fsp3) is 0.333. The van der Waals surface area contributed by atoms with E-state index in [0.29, 0.717) is 31.9 Å². The molecule has 0 atom stereocenters. The summed E-state index contributed by atoms with van der Waals surface area (Å²) in [5.74, 6) is -0.278. The molecule has 0 saturated carbocycles. The van der Waals surface area contributed by atoms with Crippen molar-refractivity contribution in [3.63, 3.8) is 0 Å². The number of carbonyl (C=O) groups is 2. The highest BCUT2D eigenvalue weighted by Gasteiger charge is 2.26. The van der Waals surface area contributed by atoms with Gasteiger partial charge in [-0.05, 0) is 23.6 Å². The molecule has 1 fully saturated rings. The number of amides is 2. The third-order valence-electron chi connectivity index (χ3n) is 4.53. The molecule has 146 valence electrons. The first-order valence-electron chi connectivity index (χ1n) is 8.84. The van der Waals surface area contributed by atoms with Crippen LogP contribution in [-0.2, 0) is 11.3 Å². The molecule has 1 saturated heterocycles. The lowest BCUT2D eigenvalue weighted by atomic mass is 10.2. The largest absolute Gasteiger partial charge is 0.459 e. The second-order valence-electron chi connectivity index (χ2n) is 6.27. The van der Waals surface area contributed by atoms with Crippen LogP contribution in [0.5, 0.6) is 0 Å². The van der Waals surface area contributed by atoms with Crippen molar-refractivity contribution in [2.45, 2.75) is 13.0 Å². The molecule has 3 aromatic heterocycles. The Labute approximate surface area is 163 Å². The number of aromatic nitrogens is 2. The van der Waals surface area contributed by atoms with Crippen molar-refractivity contribution in [3.8, 4) is 10.8 Å². The molecule has 0 unspecified atom stereocenters. The highest BCUT2D eigenvalue weighted by Crippen LogP contribution is 2.21. The average Bonchev–Trinajstić information content (AvgIpc) is 3.47. The normalized spacial score (nSPS) is 14.4. The molecule has 3 aromatic rings. The Morgan fingerprint density at radius 3 is 2.57 bits per heavy atom. The van der Waals surface area contributed by atoms with Gasteiger partial charge in [-0.1, -0.05) is 6.07 Å². The number of nitrogens with zero attached hydrogens (tertiary/aromatic N) is 4. The first kappa shape index (κ1) is 18.2. The van der Waals surface area contributed by atoms with E-state index >= 15 is 0 Å². The predicted molar refractivity (Wildman–Crippen MR) is 99.9 cm³/mol. The Bertz CT molecular complexity index is 997. The molecule has 9 nitrogen and oxygen atoms in total. The number of furan rings is 1. The van der Waals surface area contributed by atoms with Crippen LogP contribution in [0.3, 0.4) is 0 Å². The van der Waals surface area contributed by atoms with Gasteiger partial charge in [0.2, 0.25) is 5.91 Å². The maximum absolute atomic E-state index is 12.5. The topological polar surface area (TPSA) is 102 Å². The molecule has 4 rings (SSSR count). The summed E-state index contributed by atoms with van der Waals surface area (Å²) in [6, 6.07) is 6.95. The van der Waals surface area contributed by atoms with E-state index in [2.05, 4.69) is 5.10 Å². The van der Waals surface area contributed by atoms with Crippen LogP contribution in [0.25, 0.3) is 10.8 Å². The van der Waals surface area contributed by atoms with E-state index < -0.39 is 5.76 Å². The molecule has 28 heavy (non-hydrogen) atoms. The van der Waals surface area contributed by atoms with Gasteiger partial charge in [0.25, 0.3) is 11.8 Å². The van der Waals surface area contributed by atoms with Crippen molar-refractivity contribution >= 4 is 23.2 Å². The molecule has 0 radical (unpaired) electrons. The Hall–Kier alpha value is -3.14. The van der Waals surface area contributed by atoms with E-state index in [1.165, 1.54) is 22.3 Å². The minimum atomic E-state index is -0.579. The summed E-state index contributed by atoms with van der Waals surface area (Å²) in [6.07, 6.45) is 1.60. The van der Waals surface area contributed by atoms with Crippen LogP contribution in [0.1, 0.15) is 17.0 Å². The van der Waals surface area contributed by atoms with Crippen LogP contribution in [0, 0.1) is 0 Å². The van der Waals surface area contributed by atoms with Gasteiger partial charge in [-0.2, -0.15) is 4.68 Å². The summed E-state index contributed by atoms with van der Waals surface area (Å²) >= 11 is 1.42. The van der Waals surface area contributed by atoms with Crippen LogP contribution in [-0.4, -0.2) is 57.6 Å². The number of thiophene rings is 1. The van der Waals surface area contributed by atoms with E-state index in [1.54, 1.807) is 21.9 Å². The standard InChI is InChI=1S/C18H18N4O5S/c23-15(5-6-22-18(25)27-16(19-22)14-4-2-12-28-14)20-7-9-21(10-8-20)17(24)13-3-1-11-26-13/h1-4,11-12H,5-10H2. The minimum Gasteiger partial charge on any atom is -0.459 e. The SMILES string of the molecule is O=C(CCn1nc(-c2cccs2)oc1=O)N1CCN(C(=O)c2ccco2)CC1. The molecular weight excluding hydrogens is 384 g/mol. The van der Waals surface area contributed by atoms with Gasteiger partial charge in [-0.3, -0.25) is 9.59 Å². The number of carbonyl (C=O) groups excluding carboxylic acids is 2. The zero-order chi connectivity index (χ0) is 19.5. The Balaban J connectivity index is 1.29. The third kappa shape index (κ3) is 3.77. The maximum atomic E-state index is 12.5. The van der Waals surface area contributed by atoms with E-state index in [1.807, 2.05) is 17.5 Å². The first-order valence-corrected chi connectivity index (χ1v) is 9.72. The van der Waals surface area contributed by atoms with Crippen molar-refractivity contribution in [1.82, 2.24) is 19.6 Å². The van der Waals surface area contributed by atoms with Gasteiger partial charge in [0, 0.05) is 32.6 Å². The summed E-state index contributed by atoms with van der Waals surface area (Å²) < 4.78 is 11.4. The minimum absolute atomic E-state index is 0.0855. The molecule has 0 spiro atoms. The molecule has 2 amide bonds. The Kier molecular flexibility index (Phi) is 5.11. The quantitative estimate of drug-likeness (QED) is 0.641. The molecule has 1 aliphatic rings. The van der Waals surface area contributed by atoms with Gasteiger partial charge in [-0.25, -0.2) is 4.79 Å². The van der Waals surface area contributed by atoms with Crippen molar-refractivity contribution in [2.24, 2.45) is 0 Å². The number of piperazine rings is 1. The van der Waals surface area contributed by atoms with Gasteiger partial charge in [0.05, 0.1) is 17.7 Å². The number of hydrogen-bond donors (Lipinski definition) is 0.